The van der Waals surface area contributed by atoms with E-state index in [-0.39, 0.29) is 0 Å². The highest BCUT2D eigenvalue weighted by Gasteiger charge is 2.11. The van der Waals surface area contributed by atoms with E-state index in [2.05, 4.69) is 52.3 Å². The molecule has 0 unspecified atom stereocenters. The maximum absolute atomic E-state index is 6.24. The van der Waals surface area contributed by atoms with Crippen LogP contribution in [0.15, 0.2) is 16.6 Å². The highest BCUT2D eigenvalue weighted by molar-refractivity contribution is 9.10. The molecule has 1 heterocycles. The third kappa shape index (κ3) is 2.95. The van der Waals surface area contributed by atoms with Crippen LogP contribution in [0, 0.1) is 20.8 Å². The fourth-order valence-electron chi connectivity index (χ4n) is 2.11. The number of rotatable bonds is 3. The smallest absolute Gasteiger partial charge is 0.0865 e. The van der Waals surface area contributed by atoms with Gasteiger partial charge in [0.1, 0.15) is 0 Å². The lowest BCUT2D eigenvalue weighted by Crippen LogP contribution is -2.06. The summed E-state index contributed by atoms with van der Waals surface area (Å²) in [6.07, 6.45) is 0. The second-order valence-corrected chi connectivity index (χ2v) is 5.92. The van der Waals surface area contributed by atoms with E-state index in [9.17, 15) is 0 Å². The van der Waals surface area contributed by atoms with Crippen molar-refractivity contribution in [1.82, 2.24) is 9.78 Å². The molecule has 0 aliphatic heterocycles. The van der Waals surface area contributed by atoms with Gasteiger partial charge in [0, 0.05) is 17.2 Å². The van der Waals surface area contributed by atoms with Gasteiger partial charge < -0.3 is 5.32 Å². The number of nitrogens with zero attached hydrogens (tertiary/aromatic N) is 2. The van der Waals surface area contributed by atoms with Crippen LogP contribution in [0.25, 0.3) is 0 Å². The predicted molar refractivity (Wildman–Crippen MR) is 83.9 cm³/mol. The average Bonchev–Trinajstić information content (AvgIpc) is 2.58. The minimum atomic E-state index is 0.663. The van der Waals surface area contributed by atoms with Gasteiger partial charge in [0.25, 0.3) is 0 Å². The Kier molecular flexibility index (Phi) is 4.21. The molecule has 0 bridgehead atoms. The van der Waals surface area contributed by atoms with E-state index >= 15 is 0 Å². The molecule has 1 aromatic carbocycles. The van der Waals surface area contributed by atoms with Gasteiger partial charge in [-0.15, -0.1) is 0 Å². The molecule has 0 aliphatic carbocycles. The van der Waals surface area contributed by atoms with Crippen molar-refractivity contribution < 1.29 is 0 Å². The van der Waals surface area contributed by atoms with E-state index < -0.39 is 0 Å². The number of aryl methyl sites for hydroxylation is 4. The molecule has 2 rings (SSSR count). The summed E-state index contributed by atoms with van der Waals surface area (Å²) in [4.78, 5) is 0. The van der Waals surface area contributed by atoms with Crippen LogP contribution in [0.5, 0.6) is 0 Å². The number of anilines is 1. The molecule has 0 saturated carbocycles. The van der Waals surface area contributed by atoms with Gasteiger partial charge in [-0.2, -0.15) is 5.10 Å². The first-order valence-corrected chi connectivity index (χ1v) is 7.26. The van der Waals surface area contributed by atoms with E-state index in [0.717, 1.165) is 26.6 Å². The van der Waals surface area contributed by atoms with E-state index in [1.54, 1.807) is 0 Å². The largest absolute Gasteiger partial charge is 0.379 e. The van der Waals surface area contributed by atoms with Crippen molar-refractivity contribution in [3.63, 3.8) is 0 Å². The maximum atomic E-state index is 6.24. The normalized spacial score (nSPS) is 10.8. The standard InChI is InChI=1S/C14H17BrClN3/c1-8-5-11(6-9(2)13(8)15)17-7-12-14(16)10(3)18-19(12)4/h5-6,17H,7H2,1-4H3. The molecule has 0 saturated heterocycles. The Bertz CT molecular complexity index is 596. The van der Waals surface area contributed by atoms with Crippen LogP contribution in [-0.2, 0) is 13.6 Å². The summed E-state index contributed by atoms with van der Waals surface area (Å²) in [5.74, 6) is 0. The predicted octanol–water partition coefficient (Wildman–Crippen LogP) is 4.37. The zero-order valence-electron chi connectivity index (χ0n) is 11.5. The number of nitrogens with one attached hydrogen (secondary N) is 1. The van der Waals surface area contributed by atoms with E-state index in [0.29, 0.717) is 6.54 Å². The van der Waals surface area contributed by atoms with E-state index in [1.807, 2.05) is 18.7 Å². The molecule has 0 amide bonds. The van der Waals surface area contributed by atoms with Crippen LogP contribution in [-0.4, -0.2) is 9.78 Å². The first-order valence-electron chi connectivity index (χ1n) is 6.08. The second-order valence-electron chi connectivity index (χ2n) is 4.75. The van der Waals surface area contributed by atoms with Crippen LogP contribution >= 0.6 is 27.5 Å². The number of benzene rings is 1. The lowest BCUT2D eigenvalue weighted by molar-refractivity contribution is 0.713. The second kappa shape index (κ2) is 5.55. The average molecular weight is 343 g/mol. The van der Waals surface area contributed by atoms with Crippen LogP contribution in [0.3, 0.4) is 0 Å². The Morgan fingerprint density at radius 3 is 2.32 bits per heavy atom. The number of aromatic nitrogens is 2. The molecule has 5 heteroatoms. The van der Waals surface area contributed by atoms with Crippen LogP contribution in [0.2, 0.25) is 5.02 Å². The lowest BCUT2D eigenvalue weighted by atomic mass is 10.1. The highest BCUT2D eigenvalue weighted by atomic mass is 79.9. The van der Waals surface area contributed by atoms with Gasteiger partial charge in [0.15, 0.2) is 0 Å². The maximum Gasteiger partial charge on any atom is 0.0865 e. The van der Waals surface area contributed by atoms with Crippen molar-refractivity contribution >= 4 is 33.2 Å². The molecule has 0 radical (unpaired) electrons. The van der Waals surface area contributed by atoms with Crippen molar-refractivity contribution in [1.29, 1.82) is 0 Å². The zero-order chi connectivity index (χ0) is 14.2. The van der Waals surface area contributed by atoms with Crippen LogP contribution in [0.1, 0.15) is 22.5 Å². The lowest BCUT2D eigenvalue weighted by Gasteiger charge is -2.11. The molecular weight excluding hydrogens is 326 g/mol. The number of hydrogen-bond donors (Lipinski definition) is 1. The Morgan fingerprint density at radius 1 is 1.26 bits per heavy atom. The van der Waals surface area contributed by atoms with Crippen LogP contribution < -0.4 is 5.32 Å². The van der Waals surface area contributed by atoms with Gasteiger partial charge in [0.2, 0.25) is 0 Å². The molecule has 1 aromatic heterocycles. The molecule has 102 valence electrons. The van der Waals surface area contributed by atoms with E-state index in [4.69, 9.17) is 11.6 Å². The molecule has 3 nitrogen and oxygen atoms in total. The van der Waals surface area contributed by atoms with Crippen molar-refractivity contribution in [2.75, 3.05) is 5.32 Å². The SMILES string of the molecule is Cc1cc(NCc2c(Cl)c(C)nn2C)cc(C)c1Br. The Labute approximate surface area is 127 Å². The summed E-state index contributed by atoms with van der Waals surface area (Å²) in [6.45, 7) is 6.75. The monoisotopic (exact) mass is 341 g/mol. The highest BCUT2D eigenvalue weighted by Crippen LogP contribution is 2.26. The first-order chi connectivity index (χ1) is 8.90. The zero-order valence-corrected chi connectivity index (χ0v) is 13.9. The molecule has 0 fully saturated rings. The van der Waals surface area contributed by atoms with Gasteiger partial charge in [0.05, 0.1) is 23.0 Å². The molecule has 2 aromatic rings. The number of halogens is 2. The minimum absolute atomic E-state index is 0.663. The van der Waals surface area contributed by atoms with Gasteiger partial charge in [-0.25, -0.2) is 0 Å². The van der Waals surface area contributed by atoms with Crippen molar-refractivity contribution in [3.05, 3.63) is 44.1 Å². The summed E-state index contributed by atoms with van der Waals surface area (Å²) >= 11 is 9.81. The topological polar surface area (TPSA) is 29.9 Å². The summed E-state index contributed by atoms with van der Waals surface area (Å²) in [7, 11) is 1.91. The van der Waals surface area contributed by atoms with Crippen LogP contribution in [0.4, 0.5) is 5.69 Å². The summed E-state index contributed by atoms with van der Waals surface area (Å²) < 4.78 is 2.98. The third-order valence-corrected chi connectivity index (χ3v) is 4.90. The molecule has 1 N–H and O–H groups in total. The van der Waals surface area contributed by atoms with Gasteiger partial charge >= 0.3 is 0 Å². The fraction of sp³-hybridized carbons (Fsp3) is 0.357. The first kappa shape index (κ1) is 14.4. The summed E-state index contributed by atoms with van der Waals surface area (Å²) in [5.41, 5.74) is 5.39. The van der Waals surface area contributed by atoms with Gasteiger partial charge in [-0.3, -0.25) is 4.68 Å². The van der Waals surface area contributed by atoms with Crippen molar-refractivity contribution in [3.8, 4) is 0 Å². The minimum Gasteiger partial charge on any atom is -0.379 e. The molecule has 0 atom stereocenters. The summed E-state index contributed by atoms with van der Waals surface area (Å²) in [6, 6.07) is 4.24. The Balaban J connectivity index is 2.19. The molecule has 19 heavy (non-hydrogen) atoms. The Hall–Kier alpha value is -1.00. The molecule has 0 aliphatic rings. The molecular formula is C14H17BrClN3. The third-order valence-electron chi connectivity index (χ3n) is 3.16. The molecule has 0 spiro atoms. The summed E-state index contributed by atoms with van der Waals surface area (Å²) in [5, 5.41) is 8.44. The van der Waals surface area contributed by atoms with Gasteiger partial charge in [-0.1, -0.05) is 27.5 Å². The number of hydrogen-bond acceptors (Lipinski definition) is 2. The van der Waals surface area contributed by atoms with Crippen molar-refractivity contribution in [2.45, 2.75) is 27.3 Å². The fourth-order valence-corrected chi connectivity index (χ4v) is 2.56. The Morgan fingerprint density at radius 2 is 1.84 bits per heavy atom. The van der Waals surface area contributed by atoms with E-state index in [1.165, 1.54) is 11.1 Å². The quantitative estimate of drug-likeness (QED) is 0.897. The van der Waals surface area contributed by atoms with Crippen molar-refractivity contribution in [2.24, 2.45) is 7.05 Å². The van der Waals surface area contributed by atoms with Gasteiger partial charge in [-0.05, 0) is 44.0 Å².